The van der Waals surface area contributed by atoms with Gasteiger partial charge in [-0.2, -0.15) is 5.10 Å². The number of rotatable bonds is 6. The Morgan fingerprint density at radius 3 is 2.71 bits per heavy atom. The van der Waals surface area contributed by atoms with Crippen LogP contribution in [0, 0.1) is 6.92 Å². The van der Waals surface area contributed by atoms with E-state index in [0.29, 0.717) is 23.9 Å². The summed E-state index contributed by atoms with van der Waals surface area (Å²) in [4.78, 5) is 12.8. The molecule has 2 aromatic carbocycles. The number of aryl methyl sites for hydroxylation is 1. The number of amides is 1. The van der Waals surface area contributed by atoms with Gasteiger partial charge in [-0.05, 0) is 43.7 Å². The first-order valence-electron chi connectivity index (χ1n) is 10.1. The minimum absolute atomic E-state index is 0.0382. The van der Waals surface area contributed by atoms with Crippen molar-refractivity contribution in [3.63, 3.8) is 0 Å². The van der Waals surface area contributed by atoms with E-state index in [0.717, 1.165) is 22.5 Å². The number of hydrogen-bond donors (Lipinski definition) is 1. The van der Waals surface area contributed by atoms with Crippen LogP contribution in [0.2, 0.25) is 0 Å². The van der Waals surface area contributed by atoms with Crippen molar-refractivity contribution >= 4 is 23.5 Å². The molecule has 0 fully saturated rings. The maximum atomic E-state index is 12.8. The van der Waals surface area contributed by atoms with E-state index < -0.39 is 0 Å². The molecule has 3 aromatic rings. The summed E-state index contributed by atoms with van der Waals surface area (Å²) in [6.45, 7) is 7.99. The number of methoxy groups -OCH3 is 1. The summed E-state index contributed by atoms with van der Waals surface area (Å²) in [5, 5.41) is 7.54. The lowest BCUT2D eigenvalue weighted by Crippen LogP contribution is -2.22. The van der Waals surface area contributed by atoms with Crippen LogP contribution in [0.25, 0.3) is 5.69 Å². The summed E-state index contributed by atoms with van der Waals surface area (Å²) < 4.78 is 13.1. The third-order valence-corrected chi connectivity index (χ3v) is 6.57. The summed E-state index contributed by atoms with van der Waals surface area (Å²) in [6.07, 6.45) is 1.70. The zero-order valence-corrected chi connectivity index (χ0v) is 18.6. The Morgan fingerprint density at radius 1 is 1.23 bits per heavy atom. The number of hydrogen-bond acceptors (Lipinski definition) is 5. The van der Waals surface area contributed by atoms with Crippen LogP contribution in [0.4, 0.5) is 5.82 Å². The summed E-state index contributed by atoms with van der Waals surface area (Å²) in [6, 6.07) is 15.7. The van der Waals surface area contributed by atoms with Gasteiger partial charge in [-0.15, -0.1) is 11.8 Å². The molecule has 0 spiro atoms. The van der Waals surface area contributed by atoms with E-state index in [2.05, 4.69) is 11.9 Å². The fourth-order valence-corrected chi connectivity index (χ4v) is 4.96. The number of thioether (sulfide) groups is 1. The van der Waals surface area contributed by atoms with Gasteiger partial charge in [-0.3, -0.25) is 4.79 Å². The van der Waals surface area contributed by atoms with Crippen LogP contribution in [-0.2, 0) is 4.79 Å². The Morgan fingerprint density at radius 2 is 2.00 bits per heavy atom. The summed E-state index contributed by atoms with van der Waals surface area (Å²) in [5.74, 6) is 1.97. The van der Waals surface area contributed by atoms with Crippen LogP contribution in [-0.4, -0.2) is 34.7 Å². The highest BCUT2D eigenvalue weighted by Gasteiger charge is 2.34. The highest BCUT2D eigenvalue weighted by Crippen LogP contribution is 2.47. The number of nitrogens with zero attached hydrogens (tertiary/aromatic N) is 2. The average Bonchev–Trinajstić information content (AvgIpc) is 3.04. The molecule has 1 aliphatic rings. The Kier molecular flexibility index (Phi) is 6.04. The Balaban J connectivity index is 1.84. The van der Waals surface area contributed by atoms with Gasteiger partial charge in [0.25, 0.3) is 0 Å². The number of benzene rings is 2. The van der Waals surface area contributed by atoms with E-state index in [1.54, 1.807) is 24.9 Å². The number of para-hydroxylation sites is 1. The normalized spacial score (nSPS) is 18.0. The van der Waals surface area contributed by atoms with E-state index >= 15 is 0 Å². The topological polar surface area (TPSA) is 65.4 Å². The van der Waals surface area contributed by atoms with Crippen LogP contribution < -0.4 is 14.8 Å². The largest absolute Gasteiger partial charge is 0.493 e. The van der Waals surface area contributed by atoms with E-state index in [1.165, 1.54) is 0 Å². The van der Waals surface area contributed by atoms with Gasteiger partial charge in [0, 0.05) is 5.56 Å². The molecule has 2 atom stereocenters. The monoisotopic (exact) mass is 435 g/mol. The van der Waals surface area contributed by atoms with Gasteiger partial charge in [0.2, 0.25) is 5.91 Å². The zero-order chi connectivity index (χ0) is 22.0. The molecule has 1 aromatic heterocycles. The van der Waals surface area contributed by atoms with Gasteiger partial charge >= 0.3 is 0 Å². The maximum absolute atomic E-state index is 12.8. The molecule has 160 valence electrons. The maximum Gasteiger partial charge on any atom is 0.238 e. The molecular formula is C24H25N3O3S. The number of nitrogens with one attached hydrogen (secondary N) is 1. The van der Waals surface area contributed by atoms with Crippen LogP contribution in [0.15, 0.2) is 61.2 Å². The van der Waals surface area contributed by atoms with Crippen molar-refractivity contribution in [3.8, 4) is 17.2 Å². The van der Waals surface area contributed by atoms with Crippen LogP contribution >= 0.6 is 11.8 Å². The van der Waals surface area contributed by atoms with Crippen molar-refractivity contribution in [1.82, 2.24) is 9.78 Å². The summed E-state index contributed by atoms with van der Waals surface area (Å²) >= 11 is 1.60. The molecule has 1 amide bonds. The fraction of sp³-hybridized carbons (Fsp3) is 0.250. The number of carbonyl (C=O) groups excluding carboxylic acids is 1. The van der Waals surface area contributed by atoms with Crippen molar-refractivity contribution in [2.45, 2.75) is 24.3 Å². The predicted molar refractivity (Wildman–Crippen MR) is 125 cm³/mol. The lowest BCUT2D eigenvalue weighted by molar-refractivity contribution is -0.115. The van der Waals surface area contributed by atoms with Gasteiger partial charge in [-0.25, -0.2) is 4.68 Å². The SMILES string of the molecule is C=CCOc1ccc(C2SC(C)C(=O)Nc3c2c(C)nn3-c2ccccc2)cc1OC. The molecule has 1 N–H and O–H groups in total. The molecule has 6 nitrogen and oxygen atoms in total. The number of anilines is 1. The highest BCUT2D eigenvalue weighted by molar-refractivity contribution is 8.01. The fourth-order valence-electron chi connectivity index (χ4n) is 3.64. The average molecular weight is 436 g/mol. The van der Waals surface area contributed by atoms with E-state index in [-0.39, 0.29) is 16.4 Å². The Labute approximate surface area is 186 Å². The number of carbonyl (C=O) groups is 1. The minimum atomic E-state index is -0.233. The smallest absolute Gasteiger partial charge is 0.238 e. The highest BCUT2D eigenvalue weighted by atomic mass is 32.2. The van der Waals surface area contributed by atoms with Crippen molar-refractivity contribution in [2.24, 2.45) is 0 Å². The quantitative estimate of drug-likeness (QED) is 0.557. The van der Waals surface area contributed by atoms with Crippen molar-refractivity contribution < 1.29 is 14.3 Å². The third-order valence-electron chi connectivity index (χ3n) is 5.17. The Hall–Kier alpha value is -3.19. The second-order valence-corrected chi connectivity index (χ2v) is 8.70. The van der Waals surface area contributed by atoms with E-state index in [4.69, 9.17) is 14.6 Å². The lowest BCUT2D eigenvalue weighted by Gasteiger charge is -2.19. The number of aromatic nitrogens is 2. The van der Waals surface area contributed by atoms with Crippen molar-refractivity contribution in [2.75, 3.05) is 19.0 Å². The molecule has 31 heavy (non-hydrogen) atoms. The first kappa shape index (κ1) is 21.1. The second-order valence-electron chi connectivity index (χ2n) is 7.25. The molecule has 0 bridgehead atoms. The first-order valence-corrected chi connectivity index (χ1v) is 11.0. The molecule has 2 heterocycles. The van der Waals surface area contributed by atoms with Gasteiger partial charge in [0.05, 0.1) is 29.0 Å². The summed E-state index contributed by atoms with van der Waals surface area (Å²) in [7, 11) is 1.62. The van der Waals surface area contributed by atoms with Crippen LogP contribution in [0.5, 0.6) is 11.5 Å². The third kappa shape index (κ3) is 4.05. The molecular weight excluding hydrogens is 410 g/mol. The molecule has 2 unspecified atom stereocenters. The number of fused-ring (bicyclic) bond motifs is 1. The van der Waals surface area contributed by atoms with Crippen molar-refractivity contribution in [3.05, 3.63) is 78.0 Å². The van der Waals surface area contributed by atoms with Gasteiger partial charge < -0.3 is 14.8 Å². The molecule has 4 rings (SSSR count). The molecule has 1 aliphatic heterocycles. The minimum Gasteiger partial charge on any atom is -0.493 e. The van der Waals surface area contributed by atoms with E-state index in [1.807, 2.05) is 67.1 Å². The van der Waals surface area contributed by atoms with Gasteiger partial charge in [-0.1, -0.05) is 36.9 Å². The zero-order valence-electron chi connectivity index (χ0n) is 17.8. The molecule has 0 saturated heterocycles. The number of ether oxygens (including phenoxy) is 2. The predicted octanol–water partition coefficient (Wildman–Crippen LogP) is 4.92. The molecule has 7 heteroatoms. The van der Waals surface area contributed by atoms with Crippen molar-refractivity contribution in [1.29, 1.82) is 0 Å². The Bertz CT molecular complexity index is 1110. The lowest BCUT2D eigenvalue weighted by atomic mass is 10.0. The first-order chi connectivity index (χ1) is 15.0. The molecule has 0 saturated carbocycles. The van der Waals surface area contributed by atoms with Crippen LogP contribution in [0.3, 0.4) is 0 Å². The van der Waals surface area contributed by atoms with Gasteiger partial charge in [0.1, 0.15) is 12.4 Å². The van der Waals surface area contributed by atoms with Crippen LogP contribution in [0.1, 0.15) is 29.0 Å². The summed E-state index contributed by atoms with van der Waals surface area (Å²) in [5.41, 5.74) is 3.79. The second kappa shape index (κ2) is 8.89. The van der Waals surface area contributed by atoms with Gasteiger partial charge in [0.15, 0.2) is 11.5 Å². The molecule has 0 radical (unpaired) electrons. The standard InChI is InChI=1S/C24H25N3O3S/c1-5-13-30-19-12-11-17(14-20(19)29-4)22-21-15(2)26-27(18-9-7-6-8-10-18)23(21)25-24(28)16(3)31-22/h5-12,14,16,22H,1,13H2,2-4H3,(H,25,28). The molecule has 0 aliphatic carbocycles. The van der Waals surface area contributed by atoms with E-state index in [9.17, 15) is 4.79 Å².